The van der Waals surface area contributed by atoms with E-state index in [0.717, 1.165) is 22.0 Å². The van der Waals surface area contributed by atoms with Crippen molar-refractivity contribution < 1.29 is 4.74 Å². The van der Waals surface area contributed by atoms with Gasteiger partial charge in [-0.1, -0.05) is 11.6 Å². The van der Waals surface area contributed by atoms with Crippen LogP contribution in [0.2, 0.25) is 5.02 Å². The summed E-state index contributed by atoms with van der Waals surface area (Å²) in [6.07, 6.45) is 1.75. The minimum Gasteiger partial charge on any atom is -0.495 e. The molecule has 5 heteroatoms. The van der Waals surface area contributed by atoms with Gasteiger partial charge < -0.3 is 9.30 Å². The molecule has 0 spiro atoms. The smallest absolute Gasteiger partial charge is 0.259 e. The zero-order chi connectivity index (χ0) is 15.1. The summed E-state index contributed by atoms with van der Waals surface area (Å²) in [7, 11) is 1.54. The quantitative estimate of drug-likeness (QED) is 0.680. The summed E-state index contributed by atoms with van der Waals surface area (Å²) in [5, 5.41) is 2.91. The number of methoxy groups -OCH3 is 1. The van der Waals surface area contributed by atoms with Crippen molar-refractivity contribution in [1.29, 1.82) is 0 Å². The second-order valence-electron chi connectivity index (χ2n) is 4.87. The molecule has 0 aliphatic carbocycles. The number of hydrogen-bond acceptors (Lipinski definition) is 3. The fourth-order valence-electron chi connectivity index (χ4n) is 2.77. The highest BCUT2D eigenvalue weighted by atomic mass is 35.5. The Morgan fingerprint density at radius 2 is 2.05 bits per heavy atom. The molecule has 1 aromatic carbocycles. The molecule has 108 valence electrons. The minimum absolute atomic E-state index is 0.0499. The van der Waals surface area contributed by atoms with Gasteiger partial charge in [-0.05, 0) is 37.4 Å². The molecule has 2 aromatic heterocycles. The van der Waals surface area contributed by atoms with Gasteiger partial charge in [0.05, 0.1) is 28.7 Å². The summed E-state index contributed by atoms with van der Waals surface area (Å²) in [4.78, 5) is 17.0. The summed E-state index contributed by atoms with van der Waals surface area (Å²) in [5.74, 6) is 0.508. The number of nitrogens with zero attached hydrogens (tertiary/aromatic N) is 2. The van der Waals surface area contributed by atoms with Gasteiger partial charge in [-0.15, -0.1) is 0 Å². The lowest BCUT2D eigenvalue weighted by Crippen LogP contribution is -2.21. The number of hydrogen-bond donors (Lipinski definition) is 0. The van der Waals surface area contributed by atoms with E-state index in [4.69, 9.17) is 16.3 Å². The molecule has 0 radical (unpaired) electrons. The third-order valence-corrected chi connectivity index (χ3v) is 4.05. The number of fused-ring (bicyclic) bond motifs is 3. The monoisotopic (exact) mass is 302 g/mol. The molecule has 0 N–H and O–H groups in total. The SMILES string of the molecule is CCn1c(=O)c2cc(OC)c(Cl)cc2c2ccnc(C)c21. The Balaban J connectivity index is 2.64. The van der Waals surface area contributed by atoms with Crippen LogP contribution in [0.1, 0.15) is 12.6 Å². The van der Waals surface area contributed by atoms with Gasteiger partial charge in [-0.25, -0.2) is 0 Å². The molecule has 0 bridgehead atoms. The summed E-state index contributed by atoms with van der Waals surface area (Å²) in [6.45, 7) is 4.44. The molecule has 0 atom stereocenters. The van der Waals surface area contributed by atoms with Crippen molar-refractivity contribution in [2.75, 3.05) is 7.11 Å². The number of ether oxygens (including phenoxy) is 1. The molecule has 0 fully saturated rings. The number of halogens is 1. The fraction of sp³-hybridized carbons (Fsp3) is 0.250. The summed E-state index contributed by atoms with van der Waals surface area (Å²) >= 11 is 6.22. The van der Waals surface area contributed by atoms with Crippen LogP contribution in [0.3, 0.4) is 0 Å². The molecule has 3 aromatic rings. The first-order valence-electron chi connectivity index (χ1n) is 6.73. The number of aromatic nitrogens is 2. The molecule has 2 heterocycles. The maximum Gasteiger partial charge on any atom is 0.259 e. The van der Waals surface area contributed by atoms with Crippen LogP contribution < -0.4 is 10.3 Å². The third kappa shape index (κ3) is 1.98. The fourth-order valence-corrected chi connectivity index (χ4v) is 3.02. The zero-order valence-corrected chi connectivity index (χ0v) is 12.9. The van der Waals surface area contributed by atoms with Crippen molar-refractivity contribution in [2.45, 2.75) is 20.4 Å². The van der Waals surface area contributed by atoms with Gasteiger partial charge in [0.2, 0.25) is 0 Å². The molecule has 0 saturated heterocycles. The van der Waals surface area contributed by atoms with Gasteiger partial charge in [0.15, 0.2) is 0 Å². The zero-order valence-electron chi connectivity index (χ0n) is 12.1. The maximum atomic E-state index is 12.7. The normalized spacial score (nSPS) is 11.2. The van der Waals surface area contributed by atoms with E-state index in [-0.39, 0.29) is 5.56 Å². The first-order chi connectivity index (χ1) is 10.1. The van der Waals surface area contributed by atoms with Gasteiger partial charge in [0.25, 0.3) is 5.56 Å². The Morgan fingerprint density at radius 1 is 1.29 bits per heavy atom. The van der Waals surface area contributed by atoms with Crippen molar-refractivity contribution in [3.63, 3.8) is 0 Å². The van der Waals surface area contributed by atoms with E-state index in [1.807, 2.05) is 19.9 Å². The molecule has 3 rings (SSSR count). The first-order valence-corrected chi connectivity index (χ1v) is 7.11. The minimum atomic E-state index is -0.0499. The molecule has 0 unspecified atom stereocenters. The third-order valence-electron chi connectivity index (χ3n) is 3.75. The lowest BCUT2D eigenvalue weighted by molar-refractivity contribution is 0.415. The van der Waals surface area contributed by atoms with E-state index in [1.165, 1.54) is 0 Å². The lowest BCUT2D eigenvalue weighted by atomic mass is 10.1. The van der Waals surface area contributed by atoms with Crippen molar-refractivity contribution in [3.05, 3.63) is 45.5 Å². The van der Waals surface area contributed by atoms with Gasteiger partial charge in [-0.2, -0.15) is 0 Å². The molecule has 4 nitrogen and oxygen atoms in total. The topological polar surface area (TPSA) is 44.1 Å². The molecule has 21 heavy (non-hydrogen) atoms. The average molecular weight is 303 g/mol. The summed E-state index contributed by atoms with van der Waals surface area (Å²) in [5.41, 5.74) is 1.64. The van der Waals surface area contributed by atoms with Crippen molar-refractivity contribution in [3.8, 4) is 5.75 Å². The molecule has 0 saturated carbocycles. The predicted octanol–water partition coefficient (Wildman–Crippen LogP) is 3.54. The Kier molecular flexibility index (Phi) is 3.33. The number of pyridine rings is 2. The Labute approximate surface area is 126 Å². The van der Waals surface area contributed by atoms with Gasteiger partial charge >= 0.3 is 0 Å². The van der Waals surface area contributed by atoms with Crippen LogP contribution in [0.4, 0.5) is 0 Å². The molecule has 0 amide bonds. The van der Waals surface area contributed by atoms with E-state index in [2.05, 4.69) is 4.98 Å². The van der Waals surface area contributed by atoms with Crippen molar-refractivity contribution in [2.24, 2.45) is 0 Å². The Bertz CT molecular complexity index is 916. The second-order valence-corrected chi connectivity index (χ2v) is 5.28. The van der Waals surface area contributed by atoms with E-state index >= 15 is 0 Å². The van der Waals surface area contributed by atoms with Gasteiger partial charge in [0.1, 0.15) is 5.75 Å². The highest BCUT2D eigenvalue weighted by molar-refractivity contribution is 6.33. The van der Waals surface area contributed by atoms with Gasteiger partial charge in [0, 0.05) is 18.1 Å². The Morgan fingerprint density at radius 3 is 2.71 bits per heavy atom. The van der Waals surface area contributed by atoms with Crippen LogP contribution in [-0.4, -0.2) is 16.7 Å². The van der Waals surface area contributed by atoms with E-state index in [1.54, 1.807) is 30.0 Å². The second kappa shape index (κ2) is 5.04. The van der Waals surface area contributed by atoms with E-state index in [0.29, 0.717) is 22.7 Å². The van der Waals surface area contributed by atoms with E-state index < -0.39 is 0 Å². The number of benzene rings is 1. The Hall–Kier alpha value is -2.07. The highest BCUT2D eigenvalue weighted by Gasteiger charge is 2.14. The molecule has 0 aliphatic heterocycles. The average Bonchev–Trinajstić information content (AvgIpc) is 2.48. The van der Waals surface area contributed by atoms with Crippen LogP contribution in [-0.2, 0) is 6.54 Å². The largest absolute Gasteiger partial charge is 0.495 e. The molecular formula is C16H15ClN2O2. The van der Waals surface area contributed by atoms with Crippen LogP contribution in [0.5, 0.6) is 5.75 Å². The van der Waals surface area contributed by atoms with Crippen LogP contribution in [0.15, 0.2) is 29.2 Å². The summed E-state index contributed by atoms with van der Waals surface area (Å²) in [6, 6.07) is 5.42. The van der Waals surface area contributed by atoms with Crippen LogP contribution in [0.25, 0.3) is 21.7 Å². The first kappa shape index (κ1) is 13.9. The number of rotatable bonds is 2. The van der Waals surface area contributed by atoms with Crippen molar-refractivity contribution in [1.82, 2.24) is 9.55 Å². The van der Waals surface area contributed by atoms with Gasteiger partial charge in [-0.3, -0.25) is 9.78 Å². The molecular weight excluding hydrogens is 288 g/mol. The van der Waals surface area contributed by atoms with Crippen LogP contribution >= 0.6 is 11.6 Å². The van der Waals surface area contributed by atoms with Crippen molar-refractivity contribution >= 4 is 33.3 Å². The number of aryl methyl sites for hydroxylation is 2. The lowest BCUT2D eigenvalue weighted by Gasteiger charge is -2.14. The standard InChI is InChI=1S/C16H15ClN2O2/c1-4-19-15-9(2)18-6-5-10(15)11-7-13(17)14(21-3)8-12(11)16(19)20/h5-8H,4H2,1-3H3. The summed E-state index contributed by atoms with van der Waals surface area (Å²) < 4.78 is 6.97. The highest BCUT2D eigenvalue weighted by Crippen LogP contribution is 2.32. The van der Waals surface area contributed by atoms with Crippen LogP contribution in [0, 0.1) is 6.92 Å². The van der Waals surface area contributed by atoms with E-state index in [9.17, 15) is 4.79 Å². The molecule has 0 aliphatic rings. The predicted molar refractivity (Wildman–Crippen MR) is 85.5 cm³/mol. The maximum absolute atomic E-state index is 12.7.